The summed E-state index contributed by atoms with van der Waals surface area (Å²) in [6.07, 6.45) is 3.07. The molecule has 0 aliphatic carbocycles. The minimum Gasteiger partial charge on any atom is -0.486 e. The van der Waals surface area contributed by atoms with Gasteiger partial charge in [0.15, 0.2) is 23.9 Å². The van der Waals surface area contributed by atoms with Gasteiger partial charge < -0.3 is 19.3 Å². The van der Waals surface area contributed by atoms with E-state index in [2.05, 4.69) is 0 Å². The average molecular weight is 375 g/mol. The third kappa shape index (κ3) is 4.34. The minimum atomic E-state index is -1.06. The Balaban J connectivity index is 1.69. The molecule has 26 heavy (non-hydrogen) atoms. The van der Waals surface area contributed by atoms with Crippen LogP contribution < -0.4 is 14.2 Å². The zero-order valence-corrected chi connectivity index (χ0v) is 14.4. The average Bonchev–Trinajstić information content (AvgIpc) is 2.65. The topological polar surface area (TPSA) is 82.1 Å². The van der Waals surface area contributed by atoms with Crippen molar-refractivity contribution in [2.24, 2.45) is 0 Å². The van der Waals surface area contributed by atoms with E-state index in [9.17, 15) is 9.59 Å². The zero-order chi connectivity index (χ0) is 18.5. The summed E-state index contributed by atoms with van der Waals surface area (Å²) in [6, 6.07) is 9.69. The fourth-order valence-corrected chi connectivity index (χ4v) is 2.63. The van der Waals surface area contributed by atoms with E-state index in [0.29, 0.717) is 46.6 Å². The summed E-state index contributed by atoms with van der Waals surface area (Å²) >= 11 is 6.17. The number of carbonyl (C=O) groups is 2. The van der Waals surface area contributed by atoms with Crippen molar-refractivity contribution in [2.45, 2.75) is 0 Å². The number of benzene rings is 2. The van der Waals surface area contributed by atoms with Gasteiger partial charge in [0.25, 0.3) is 0 Å². The van der Waals surface area contributed by atoms with Crippen LogP contribution in [0.4, 0.5) is 0 Å². The largest absolute Gasteiger partial charge is 0.486 e. The molecule has 7 heteroatoms. The number of aliphatic carboxylic acids is 1. The maximum absolute atomic E-state index is 12.3. The molecule has 0 spiro atoms. The second-order valence-electron chi connectivity index (χ2n) is 5.43. The van der Waals surface area contributed by atoms with Crippen molar-refractivity contribution < 1.29 is 28.9 Å². The maximum atomic E-state index is 12.3. The Morgan fingerprint density at radius 2 is 1.88 bits per heavy atom. The molecule has 1 heterocycles. The molecular weight excluding hydrogens is 360 g/mol. The number of fused-ring (bicyclic) bond motifs is 1. The van der Waals surface area contributed by atoms with Gasteiger partial charge in [0.2, 0.25) is 0 Å². The van der Waals surface area contributed by atoms with Crippen LogP contribution in [0.1, 0.15) is 15.9 Å². The van der Waals surface area contributed by atoms with Crippen molar-refractivity contribution >= 4 is 29.4 Å². The van der Waals surface area contributed by atoms with Crippen molar-refractivity contribution in [3.8, 4) is 17.2 Å². The van der Waals surface area contributed by atoms with Crippen molar-refractivity contribution in [3.05, 3.63) is 58.6 Å². The van der Waals surface area contributed by atoms with Gasteiger partial charge in [-0.05, 0) is 48.0 Å². The van der Waals surface area contributed by atoms with Crippen LogP contribution in [0, 0.1) is 0 Å². The lowest BCUT2D eigenvalue weighted by Gasteiger charge is -2.19. The third-order valence-electron chi connectivity index (χ3n) is 3.55. The fraction of sp³-hybridized carbons (Fsp3) is 0.158. The van der Waals surface area contributed by atoms with Gasteiger partial charge in [-0.25, -0.2) is 4.79 Å². The Labute approximate surface area is 154 Å². The van der Waals surface area contributed by atoms with E-state index in [1.165, 1.54) is 6.08 Å². The van der Waals surface area contributed by atoms with Crippen molar-refractivity contribution in [3.63, 3.8) is 0 Å². The lowest BCUT2D eigenvalue weighted by molar-refractivity contribution is -0.139. The Morgan fingerprint density at radius 3 is 2.62 bits per heavy atom. The maximum Gasteiger partial charge on any atom is 0.341 e. The molecule has 2 aromatic rings. The molecule has 0 amide bonds. The number of ketones is 1. The summed E-state index contributed by atoms with van der Waals surface area (Å²) in [5.74, 6) is 0.174. The molecule has 6 nitrogen and oxygen atoms in total. The SMILES string of the molecule is O=C(O)COc1ccc(C(=O)C=Cc2cc(Cl)c3c(c2)OCCO3)cc1. The number of carboxylic acid groups (broad SMARTS) is 1. The Morgan fingerprint density at radius 1 is 1.15 bits per heavy atom. The number of halogens is 1. The quantitative estimate of drug-likeness (QED) is 0.616. The smallest absolute Gasteiger partial charge is 0.341 e. The molecule has 1 N–H and O–H groups in total. The van der Waals surface area contributed by atoms with Crippen LogP contribution in [-0.4, -0.2) is 36.7 Å². The number of allylic oxidation sites excluding steroid dienone is 1. The van der Waals surface area contributed by atoms with E-state index in [1.807, 2.05) is 0 Å². The van der Waals surface area contributed by atoms with Crippen LogP contribution >= 0.6 is 11.6 Å². The van der Waals surface area contributed by atoms with Gasteiger partial charge in [-0.15, -0.1) is 0 Å². The molecule has 1 aliphatic heterocycles. The summed E-state index contributed by atoms with van der Waals surface area (Å²) in [6.45, 7) is 0.469. The molecular formula is C19H15ClO6. The normalized spacial score (nSPS) is 12.8. The molecule has 0 fully saturated rings. The minimum absolute atomic E-state index is 0.208. The first-order chi connectivity index (χ1) is 12.5. The summed E-state index contributed by atoms with van der Waals surface area (Å²) in [7, 11) is 0. The lowest BCUT2D eigenvalue weighted by Crippen LogP contribution is -2.15. The van der Waals surface area contributed by atoms with E-state index in [-0.39, 0.29) is 5.78 Å². The summed E-state index contributed by atoms with van der Waals surface area (Å²) < 4.78 is 16.0. The molecule has 2 aromatic carbocycles. The monoisotopic (exact) mass is 374 g/mol. The number of rotatable bonds is 6. The summed E-state index contributed by atoms with van der Waals surface area (Å²) in [5, 5.41) is 9.00. The van der Waals surface area contributed by atoms with E-state index < -0.39 is 12.6 Å². The highest BCUT2D eigenvalue weighted by molar-refractivity contribution is 6.32. The number of ether oxygens (including phenoxy) is 3. The first kappa shape index (κ1) is 17.8. The van der Waals surface area contributed by atoms with E-state index in [0.717, 1.165) is 0 Å². The highest BCUT2D eigenvalue weighted by atomic mass is 35.5. The van der Waals surface area contributed by atoms with Crippen molar-refractivity contribution in [2.75, 3.05) is 19.8 Å². The van der Waals surface area contributed by atoms with Crippen LogP contribution in [0.5, 0.6) is 17.2 Å². The van der Waals surface area contributed by atoms with Gasteiger partial charge in [0.05, 0.1) is 5.02 Å². The van der Waals surface area contributed by atoms with Gasteiger partial charge in [0, 0.05) is 5.56 Å². The Kier molecular flexibility index (Phi) is 5.43. The second-order valence-corrected chi connectivity index (χ2v) is 5.84. The first-order valence-corrected chi connectivity index (χ1v) is 8.17. The highest BCUT2D eigenvalue weighted by Gasteiger charge is 2.16. The van der Waals surface area contributed by atoms with E-state index in [4.69, 9.17) is 30.9 Å². The Bertz CT molecular complexity index is 857. The number of hydrogen-bond donors (Lipinski definition) is 1. The van der Waals surface area contributed by atoms with Gasteiger partial charge >= 0.3 is 5.97 Å². The molecule has 0 bridgehead atoms. The first-order valence-electron chi connectivity index (χ1n) is 7.79. The van der Waals surface area contributed by atoms with Crippen LogP contribution in [0.2, 0.25) is 5.02 Å². The molecule has 0 atom stereocenters. The third-order valence-corrected chi connectivity index (χ3v) is 3.83. The zero-order valence-electron chi connectivity index (χ0n) is 13.6. The molecule has 0 aromatic heterocycles. The van der Waals surface area contributed by atoms with Gasteiger partial charge in [-0.2, -0.15) is 0 Å². The molecule has 0 saturated carbocycles. The molecule has 0 saturated heterocycles. The molecule has 0 radical (unpaired) electrons. The highest BCUT2D eigenvalue weighted by Crippen LogP contribution is 2.38. The molecule has 0 unspecified atom stereocenters. The van der Waals surface area contributed by atoms with E-state index >= 15 is 0 Å². The summed E-state index contributed by atoms with van der Waals surface area (Å²) in [5.41, 5.74) is 1.17. The van der Waals surface area contributed by atoms with Crippen molar-refractivity contribution in [1.82, 2.24) is 0 Å². The molecule has 134 valence electrons. The van der Waals surface area contributed by atoms with E-state index in [1.54, 1.807) is 42.5 Å². The second kappa shape index (κ2) is 7.93. The van der Waals surface area contributed by atoms with Gasteiger partial charge in [-0.1, -0.05) is 17.7 Å². The number of hydrogen-bond acceptors (Lipinski definition) is 5. The predicted molar refractivity (Wildman–Crippen MR) is 95.4 cm³/mol. The van der Waals surface area contributed by atoms with Crippen LogP contribution in [0.25, 0.3) is 6.08 Å². The number of carboxylic acids is 1. The fourth-order valence-electron chi connectivity index (χ4n) is 2.36. The number of carbonyl (C=O) groups excluding carboxylic acids is 1. The van der Waals surface area contributed by atoms with Crippen LogP contribution in [-0.2, 0) is 4.79 Å². The van der Waals surface area contributed by atoms with Crippen molar-refractivity contribution in [1.29, 1.82) is 0 Å². The van der Waals surface area contributed by atoms with Gasteiger partial charge in [0.1, 0.15) is 19.0 Å². The predicted octanol–water partition coefficient (Wildman–Crippen LogP) is 3.47. The molecule has 1 aliphatic rings. The van der Waals surface area contributed by atoms with Crippen LogP contribution in [0.15, 0.2) is 42.5 Å². The standard InChI is InChI=1S/C19H15ClO6/c20-15-9-12(10-17-19(15)25-8-7-24-17)1-6-16(21)13-2-4-14(5-3-13)26-11-18(22)23/h1-6,9-10H,7-8,11H2,(H,22,23). The Hall–Kier alpha value is -2.99. The van der Waals surface area contributed by atoms with Gasteiger partial charge in [-0.3, -0.25) is 4.79 Å². The molecule has 3 rings (SSSR count). The lowest BCUT2D eigenvalue weighted by atomic mass is 10.1. The summed E-state index contributed by atoms with van der Waals surface area (Å²) in [4.78, 5) is 22.7. The van der Waals surface area contributed by atoms with Crippen LogP contribution in [0.3, 0.4) is 0 Å².